The minimum absolute atomic E-state index is 0.0432. The number of nitriles is 1. The molecule has 3 aromatic rings. The Balaban J connectivity index is 0.000000329. The van der Waals surface area contributed by atoms with E-state index < -0.39 is 45.8 Å². The van der Waals surface area contributed by atoms with E-state index in [1.54, 1.807) is 6.07 Å². The van der Waals surface area contributed by atoms with Crippen molar-refractivity contribution in [3.8, 4) is 6.07 Å². The number of nitrogen functional groups attached to an aromatic ring is 1. The number of nitrogens with one attached hydrogen (secondary N) is 1. The Hall–Kier alpha value is -4.45. The summed E-state index contributed by atoms with van der Waals surface area (Å²) in [6, 6.07) is 18.2. The van der Waals surface area contributed by atoms with E-state index in [4.69, 9.17) is 11.0 Å². The summed E-state index contributed by atoms with van der Waals surface area (Å²) in [5, 5.41) is 61.7. The molecule has 0 amide bonds. The number of carboxylic acid groups (broad SMARTS) is 2. The second kappa shape index (κ2) is 14.3. The zero-order valence-corrected chi connectivity index (χ0v) is 25.6. The molecule has 44 heavy (non-hydrogen) atoms. The van der Waals surface area contributed by atoms with E-state index in [1.807, 2.05) is 26.8 Å². The van der Waals surface area contributed by atoms with Crippen LogP contribution >= 0.6 is 15.9 Å². The predicted octanol–water partition coefficient (Wildman–Crippen LogP) is 2.71. The number of Topliss-reactive ketones (excluding diaryl/α,β-unsaturated/α-hetero) is 2. The number of aliphatic hydroxyl groups is 3. The number of benzene rings is 3. The van der Waals surface area contributed by atoms with Crippen molar-refractivity contribution in [2.24, 2.45) is 0 Å². The van der Waals surface area contributed by atoms with Crippen molar-refractivity contribution in [2.45, 2.75) is 43.6 Å². The summed E-state index contributed by atoms with van der Waals surface area (Å²) in [6.45, 7) is 6.02. The smallest absolute Gasteiger partial charge is 0.348 e. The fourth-order valence-corrected chi connectivity index (χ4v) is 4.60. The van der Waals surface area contributed by atoms with Gasteiger partial charge in [0.15, 0.2) is 0 Å². The molecular weight excluding hydrogens is 638 g/mol. The highest BCUT2D eigenvalue weighted by molar-refractivity contribution is 9.10. The average Bonchev–Trinajstić information content (AvgIpc) is 3.00. The van der Waals surface area contributed by atoms with Gasteiger partial charge in [-0.3, -0.25) is 9.59 Å². The van der Waals surface area contributed by atoms with Crippen molar-refractivity contribution in [2.75, 3.05) is 12.3 Å². The van der Waals surface area contributed by atoms with Gasteiger partial charge in [0.25, 0.3) is 11.2 Å². The first-order valence-electron chi connectivity index (χ1n) is 12.9. The van der Waals surface area contributed by atoms with E-state index in [-0.39, 0.29) is 18.2 Å². The van der Waals surface area contributed by atoms with Gasteiger partial charge in [-0.15, -0.1) is 0 Å². The highest BCUT2D eigenvalue weighted by Gasteiger charge is 2.69. The lowest BCUT2D eigenvalue weighted by atomic mass is 9.73. The van der Waals surface area contributed by atoms with Crippen LogP contribution < -0.4 is 11.1 Å². The van der Waals surface area contributed by atoms with Crippen molar-refractivity contribution in [1.29, 1.82) is 5.26 Å². The summed E-state index contributed by atoms with van der Waals surface area (Å²) in [4.78, 5) is 48.5. The summed E-state index contributed by atoms with van der Waals surface area (Å²) in [6.07, 6.45) is 0. The number of carbonyl (C=O) groups excluding carboxylic acids is 2. The zero-order chi connectivity index (χ0) is 33.5. The third-order valence-corrected chi connectivity index (χ3v) is 6.99. The number of carboxylic acids is 2. The highest BCUT2D eigenvalue weighted by atomic mass is 79.9. The second-order valence-electron chi connectivity index (χ2n) is 10.6. The second-order valence-corrected chi connectivity index (χ2v) is 11.5. The minimum atomic E-state index is -3.95. The summed E-state index contributed by atoms with van der Waals surface area (Å²) >= 11 is 3.33. The van der Waals surface area contributed by atoms with Crippen molar-refractivity contribution in [3.05, 3.63) is 99.5 Å². The van der Waals surface area contributed by atoms with Crippen LogP contribution in [0.3, 0.4) is 0 Å². The Morgan fingerprint density at radius 3 is 1.59 bits per heavy atom. The zero-order valence-electron chi connectivity index (χ0n) is 24.0. The molecule has 3 aromatic carbocycles. The molecule has 0 aliphatic heterocycles. The molecule has 232 valence electrons. The van der Waals surface area contributed by atoms with E-state index in [9.17, 15) is 44.7 Å². The van der Waals surface area contributed by atoms with Crippen LogP contribution in [-0.4, -0.2) is 72.4 Å². The molecule has 1 unspecified atom stereocenters. The van der Waals surface area contributed by atoms with Crippen LogP contribution in [0.5, 0.6) is 0 Å². The first kappa shape index (κ1) is 35.7. The number of nitrogens with zero attached hydrogens (tertiary/aromatic N) is 1. The fourth-order valence-electron chi connectivity index (χ4n) is 4.12. The number of nitrogens with two attached hydrogens (primary N) is 1. The molecule has 0 radical (unpaired) electrons. The molecule has 0 aliphatic rings. The standard InChI is InChI=1S/C18H14O8.C13H18BrN3O/c19-13(11-7-3-1-4-8-11)17(25,15(21)22)18(26,16(23)24)14(20)12-9-5-2-6-10-12;1-13(2,3)17-11(7-18)8-4-9(6-15)12(16)10(14)5-8/h1-10,25-26H,(H,21,22)(H,23,24);4-5,11,17-18H,7,16H2,1-3H3/t17-,18-;/m1./s1. The van der Waals surface area contributed by atoms with E-state index in [0.29, 0.717) is 15.7 Å². The molecule has 8 N–H and O–H groups in total. The topological polar surface area (TPSA) is 231 Å². The Bertz CT molecular complexity index is 1500. The van der Waals surface area contributed by atoms with Crippen LogP contribution in [0.4, 0.5) is 5.69 Å². The average molecular weight is 671 g/mol. The molecule has 0 saturated carbocycles. The number of aliphatic carboxylic acids is 2. The molecule has 3 atom stereocenters. The molecule has 3 rings (SSSR count). The number of anilines is 1. The van der Waals surface area contributed by atoms with Crippen LogP contribution in [0.25, 0.3) is 0 Å². The van der Waals surface area contributed by atoms with Gasteiger partial charge in [0.1, 0.15) is 6.07 Å². The number of ketones is 2. The molecule has 13 heteroatoms. The summed E-state index contributed by atoms with van der Waals surface area (Å²) < 4.78 is 0.672. The molecule has 0 aromatic heterocycles. The molecule has 0 saturated heterocycles. The Morgan fingerprint density at radius 2 is 1.27 bits per heavy atom. The number of halogens is 1. The number of carbonyl (C=O) groups is 4. The maximum atomic E-state index is 12.6. The third-order valence-electron chi connectivity index (χ3n) is 6.34. The lowest BCUT2D eigenvalue weighted by Gasteiger charge is -2.34. The summed E-state index contributed by atoms with van der Waals surface area (Å²) in [7, 11) is 0. The van der Waals surface area contributed by atoms with Crippen LogP contribution in [0.15, 0.2) is 77.3 Å². The normalized spacial score (nSPS) is 14.4. The quantitative estimate of drug-likeness (QED) is 0.0938. The third kappa shape index (κ3) is 7.54. The van der Waals surface area contributed by atoms with Gasteiger partial charge in [0, 0.05) is 21.1 Å². The number of aliphatic hydroxyl groups excluding tert-OH is 1. The Kier molecular flexibility index (Phi) is 11.7. The van der Waals surface area contributed by atoms with Gasteiger partial charge < -0.3 is 36.6 Å². The van der Waals surface area contributed by atoms with Crippen molar-refractivity contribution < 1.29 is 44.7 Å². The molecular formula is C31H32BrN3O9. The molecule has 0 bridgehead atoms. The fraction of sp³-hybridized carbons (Fsp3) is 0.258. The van der Waals surface area contributed by atoms with E-state index in [0.717, 1.165) is 29.8 Å². The van der Waals surface area contributed by atoms with Gasteiger partial charge in [-0.25, -0.2) is 9.59 Å². The van der Waals surface area contributed by atoms with E-state index >= 15 is 0 Å². The number of hydrogen-bond acceptors (Lipinski definition) is 10. The molecule has 0 heterocycles. The van der Waals surface area contributed by atoms with Gasteiger partial charge in [-0.1, -0.05) is 60.7 Å². The predicted molar refractivity (Wildman–Crippen MR) is 163 cm³/mol. The first-order valence-corrected chi connectivity index (χ1v) is 13.7. The molecule has 0 fully saturated rings. The maximum absolute atomic E-state index is 12.6. The molecule has 12 nitrogen and oxygen atoms in total. The van der Waals surface area contributed by atoms with Crippen molar-refractivity contribution in [1.82, 2.24) is 5.32 Å². The summed E-state index contributed by atoms with van der Waals surface area (Å²) in [5.74, 6) is -8.03. The van der Waals surface area contributed by atoms with Gasteiger partial charge in [0.2, 0.25) is 11.6 Å². The van der Waals surface area contributed by atoms with Crippen LogP contribution in [0.1, 0.15) is 58.7 Å². The monoisotopic (exact) mass is 669 g/mol. The summed E-state index contributed by atoms with van der Waals surface area (Å²) in [5.41, 5.74) is -1.36. The van der Waals surface area contributed by atoms with Crippen molar-refractivity contribution in [3.63, 3.8) is 0 Å². The van der Waals surface area contributed by atoms with Gasteiger partial charge in [-0.2, -0.15) is 5.26 Å². The lowest BCUT2D eigenvalue weighted by molar-refractivity contribution is -0.187. The number of hydrogen-bond donors (Lipinski definition) is 7. The minimum Gasteiger partial charge on any atom is -0.479 e. The maximum Gasteiger partial charge on any atom is 0.348 e. The molecule has 0 aliphatic carbocycles. The first-order chi connectivity index (χ1) is 20.4. The SMILES string of the molecule is CC(C)(C)NC(CO)c1cc(Br)c(N)c(C#N)c1.O=C(O)[C@](O)(C(=O)c1ccccc1)[C@](O)(C(=O)O)C(=O)c1ccccc1. The molecule has 0 spiro atoms. The van der Waals surface area contributed by atoms with Gasteiger partial charge in [-0.05, 0) is 54.4 Å². The van der Waals surface area contributed by atoms with Gasteiger partial charge >= 0.3 is 11.9 Å². The Morgan fingerprint density at radius 1 is 0.864 bits per heavy atom. The number of rotatable bonds is 10. The van der Waals surface area contributed by atoms with Crippen LogP contribution in [0, 0.1) is 11.3 Å². The van der Waals surface area contributed by atoms with Crippen molar-refractivity contribution >= 4 is 45.1 Å². The Labute approximate surface area is 261 Å². The van der Waals surface area contributed by atoms with Crippen LogP contribution in [0.2, 0.25) is 0 Å². The van der Waals surface area contributed by atoms with Crippen LogP contribution in [-0.2, 0) is 9.59 Å². The lowest BCUT2D eigenvalue weighted by Crippen LogP contribution is -2.71. The van der Waals surface area contributed by atoms with Gasteiger partial charge in [0.05, 0.1) is 23.9 Å². The highest BCUT2D eigenvalue weighted by Crippen LogP contribution is 2.32. The van der Waals surface area contributed by atoms with E-state index in [1.165, 1.54) is 36.4 Å². The largest absolute Gasteiger partial charge is 0.479 e. The van der Waals surface area contributed by atoms with E-state index in [2.05, 4.69) is 27.3 Å².